The number of hydrogen-bond acceptors (Lipinski definition) is 3. The number of hydrogen-bond donors (Lipinski definition) is 0. The second kappa shape index (κ2) is 4.09. The van der Waals surface area contributed by atoms with Gasteiger partial charge in [0.2, 0.25) is 0 Å². The SMILES string of the molecule is Cc1ccn2c(CC3CCCS3(=O)=O)ncc2c1. The van der Waals surface area contributed by atoms with Crippen molar-refractivity contribution in [1.29, 1.82) is 0 Å². The Morgan fingerprint density at radius 2 is 2.33 bits per heavy atom. The lowest BCUT2D eigenvalue weighted by Gasteiger charge is -2.08. The average Bonchev–Trinajstić information content (AvgIpc) is 2.84. The van der Waals surface area contributed by atoms with E-state index in [0.717, 1.165) is 24.2 Å². The second-order valence-electron chi connectivity index (χ2n) is 5.01. The van der Waals surface area contributed by atoms with E-state index < -0.39 is 9.84 Å². The Balaban J connectivity index is 1.96. The summed E-state index contributed by atoms with van der Waals surface area (Å²) in [7, 11) is -2.89. The molecule has 4 nitrogen and oxygen atoms in total. The van der Waals surface area contributed by atoms with E-state index in [2.05, 4.69) is 11.1 Å². The van der Waals surface area contributed by atoms with Crippen LogP contribution in [0.1, 0.15) is 24.2 Å². The molecular weight excluding hydrogens is 248 g/mol. The Labute approximate surface area is 107 Å². The third-order valence-electron chi connectivity index (χ3n) is 3.64. The fourth-order valence-electron chi connectivity index (χ4n) is 2.61. The first-order valence-corrected chi connectivity index (χ1v) is 7.92. The van der Waals surface area contributed by atoms with Gasteiger partial charge in [0, 0.05) is 12.6 Å². The third-order valence-corrected chi connectivity index (χ3v) is 5.91. The van der Waals surface area contributed by atoms with Crippen molar-refractivity contribution < 1.29 is 8.42 Å². The maximum absolute atomic E-state index is 11.8. The zero-order valence-electron chi connectivity index (χ0n) is 10.3. The molecule has 1 atom stereocenters. The first-order valence-electron chi connectivity index (χ1n) is 6.20. The molecule has 1 fully saturated rings. The molecular formula is C13H16N2O2S. The van der Waals surface area contributed by atoms with E-state index in [1.807, 2.05) is 29.8 Å². The van der Waals surface area contributed by atoms with Crippen molar-refractivity contribution in [1.82, 2.24) is 9.38 Å². The molecule has 18 heavy (non-hydrogen) atoms. The molecule has 0 aromatic carbocycles. The summed E-state index contributed by atoms with van der Waals surface area (Å²) in [5.41, 5.74) is 2.21. The minimum absolute atomic E-state index is 0.246. The van der Waals surface area contributed by atoms with Crippen molar-refractivity contribution in [2.24, 2.45) is 0 Å². The normalized spacial score (nSPS) is 22.6. The van der Waals surface area contributed by atoms with Crippen LogP contribution in [0.4, 0.5) is 0 Å². The van der Waals surface area contributed by atoms with Gasteiger partial charge in [-0.05, 0) is 37.5 Å². The molecule has 1 aliphatic rings. The van der Waals surface area contributed by atoms with Gasteiger partial charge in [-0.1, -0.05) is 0 Å². The van der Waals surface area contributed by atoms with Crippen LogP contribution in [0.2, 0.25) is 0 Å². The Morgan fingerprint density at radius 1 is 1.50 bits per heavy atom. The highest BCUT2D eigenvalue weighted by Gasteiger charge is 2.32. The van der Waals surface area contributed by atoms with Gasteiger partial charge in [0.05, 0.1) is 22.7 Å². The zero-order valence-corrected chi connectivity index (χ0v) is 11.2. The Kier molecular flexibility index (Phi) is 2.66. The first-order chi connectivity index (χ1) is 8.56. The summed E-state index contributed by atoms with van der Waals surface area (Å²) in [6.45, 7) is 2.04. The number of aromatic nitrogens is 2. The Hall–Kier alpha value is -1.36. The monoisotopic (exact) mass is 264 g/mol. The minimum Gasteiger partial charge on any atom is -0.304 e. The number of aryl methyl sites for hydroxylation is 1. The van der Waals surface area contributed by atoms with E-state index in [9.17, 15) is 8.42 Å². The van der Waals surface area contributed by atoms with Crippen LogP contribution in [-0.2, 0) is 16.3 Å². The summed E-state index contributed by atoms with van der Waals surface area (Å²) in [5, 5.41) is -0.246. The largest absolute Gasteiger partial charge is 0.304 e. The van der Waals surface area contributed by atoms with Gasteiger partial charge in [-0.15, -0.1) is 0 Å². The summed E-state index contributed by atoms with van der Waals surface area (Å²) in [6.07, 6.45) is 5.86. The number of pyridine rings is 1. The topological polar surface area (TPSA) is 51.4 Å². The summed E-state index contributed by atoms with van der Waals surface area (Å²) in [6, 6.07) is 4.07. The quantitative estimate of drug-likeness (QED) is 0.830. The van der Waals surface area contributed by atoms with Gasteiger partial charge in [0.1, 0.15) is 5.82 Å². The molecule has 5 heteroatoms. The number of nitrogens with zero attached hydrogens (tertiary/aromatic N) is 2. The highest BCUT2D eigenvalue weighted by molar-refractivity contribution is 7.92. The predicted molar refractivity (Wildman–Crippen MR) is 70.4 cm³/mol. The van der Waals surface area contributed by atoms with Crippen molar-refractivity contribution in [3.63, 3.8) is 0 Å². The van der Waals surface area contributed by atoms with Crippen LogP contribution in [-0.4, -0.2) is 28.8 Å². The lowest BCUT2D eigenvalue weighted by atomic mass is 10.2. The van der Waals surface area contributed by atoms with E-state index in [4.69, 9.17) is 0 Å². The predicted octanol–water partition coefficient (Wildman–Crippen LogP) is 1.76. The van der Waals surface area contributed by atoms with E-state index in [1.54, 1.807) is 0 Å². The van der Waals surface area contributed by atoms with Gasteiger partial charge >= 0.3 is 0 Å². The zero-order chi connectivity index (χ0) is 12.8. The Morgan fingerprint density at radius 3 is 3.06 bits per heavy atom. The van der Waals surface area contributed by atoms with E-state index >= 15 is 0 Å². The lowest BCUT2D eigenvalue weighted by molar-refractivity contribution is 0.586. The maximum atomic E-state index is 11.8. The number of imidazole rings is 1. The van der Waals surface area contributed by atoms with Crippen LogP contribution >= 0.6 is 0 Å². The number of rotatable bonds is 2. The van der Waals surface area contributed by atoms with Crippen LogP contribution in [0.25, 0.3) is 5.52 Å². The van der Waals surface area contributed by atoms with Crippen molar-refractivity contribution >= 4 is 15.4 Å². The highest BCUT2D eigenvalue weighted by atomic mass is 32.2. The standard InChI is InChI=1S/C13H16N2O2S/c1-10-4-5-15-11(7-10)9-14-13(15)8-12-3-2-6-18(12,16)17/h4-5,7,9,12H,2-3,6,8H2,1H3. The molecule has 0 radical (unpaired) electrons. The van der Waals surface area contributed by atoms with E-state index in [1.165, 1.54) is 5.56 Å². The van der Waals surface area contributed by atoms with Gasteiger partial charge in [0.15, 0.2) is 9.84 Å². The molecule has 2 aromatic rings. The molecule has 2 aromatic heterocycles. The van der Waals surface area contributed by atoms with Crippen LogP contribution in [0.5, 0.6) is 0 Å². The molecule has 3 rings (SSSR count). The number of sulfone groups is 1. The maximum Gasteiger partial charge on any atom is 0.153 e. The molecule has 96 valence electrons. The first kappa shape index (κ1) is 11.7. The van der Waals surface area contributed by atoms with Crippen LogP contribution in [0.15, 0.2) is 24.5 Å². The smallest absolute Gasteiger partial charge is 0.153 e. The molecule has 0 aliphatic carbocycles. The average molecular weight is 264 g/mol. The molecule has 0 amide bonds. The molecule has 0 spiro atoms. The Bertz CT molecular complexity index is 688. The van der Waals surface area contributed by atoms with Crippen molar-refractivity contribution in [2.75, 3.05) is 5.75 Å². The van der Waals surface area contributed by atoms with Crippen LogP contribution in [0.3, 0.4) is 0 Å². The summed E-state index contributed by atoms with van der Waals surface area (Å²) < 4.78 is 25.7. The van der Waals surface area contributed by atoms with Crippen LogP contribution < -0.4 is 0 Å². The van der Waals surface area contributed by atoms with Crippen molar-refractivity contribution in [2.45, 2.75) is 31.4 Å². The van der Waals surface area contributed by atoms with Gasteiger partial charge in [0.25, 0.3) is 0 Å². The second-order valence-corrected chi connectivity index (χ2v) is 7.41. The van der Waals surface area contributed by atoms with Crippen molar-refractivity contribution in [3.05, 3.63) is 35.9 Å². The lowest BCUT2D eigenvalue weighted by Crippen LogP contribution is -2.19. The molecule has 0 bridgehead atoms. The molecule has 1 unspecified atom stereocenters. The molecule has 0 saturated carbocycles. The molecule has 3 heterocycles. The molecule has 0 N–H and O–H groups in total. The fourth-order valence-corrected chi connectivity index (χ4v) is 4.44. The summed E-state index contributed by atoms with van der Waals surface area (Å²) in [4.78, 5) is 4.36. The molecule has 1 aliphatic heterocycles. The van der Waals surface area contributed by atoms with Gasteiger partial charge < -0.3 is 4.40 Å². The summed E-state index contributed by atoms with van der Waals surface area (Å²) >= 11 is 0. The third kappa shape index (κ3) is 1.92. The van der Waals surface area contributed by atoms with Gasteiger partial charge in [-0.25, -0.2) is 13.4 Å². The minimum atomic E-state index is -2.89. The van der Waals surface area contributed by atoms with Gasteiger partial charge in [-0.2, -0.15) is 0 Å². The number of fused-ring (bicyclic) bond motifs is 1. The summed E-state index contributed by atoms with van der Waals surface area (Å²) in [5.74, 6) is 1.18. The van der Waals surface area contributed by atoms with E-state index in [0.29, 0.717) is 12.2 Å². The highest BCUT2D eigenvalue weighted by Crippen LogP contribution is 2.23. The van der Waals surface area contributed by atoms with E-state index in [-0.39, 0.29) is 5.25 Å². The molecule has 1 saturated heterocycles. The fraction of sp³-hybridized carbons (Fsp3) is 0.462. The van der Waals surface area contributed by atoms with Crippen LogP contribution in [0, 0.1) is 6.92 Å². The van der Waals surface area contributed by atoms with Crippen molar-refractivity contribution in [3.8, 4) is 0 Å². The van der Waals surface area contributed by atoms with Gasteiger partial charge in [-0.3, -0.25) is 0 Å².